The second kappa shape index (κ2) is 3.78. The predicted molar refractivity (Wildman–Crippen MR) is 59.4 cm³/mol. The topological polar surface area (TPSA) is 99.9 Å². The van der Waals surface area contributed by atoms with Gasteiger partial charge in [-0.2, -0.15) is 0 Å². The lowest BCUT2D eigenvalue weighted by Gasteiger charge is -2.02. The van der Waals surface area contributed by atoms with Gasteiger partial charge in [0.05, 0.1) is 12.9 Å². The molecular weight excluding hydrogens is 222 g/mol. The van der Waals surface area contributed by atoms with Gasteiger partial charge in [0.2, 0.25) is 0 Å². The zero-order chi connectivity index (χ0) is 11.7. The molecule has 0 fully saturated rings. The van der Waals surface area contributed by atoms with Crippen LogP contribution < -0.4 is 5.32 Å². The first kappa shape index (κ1) is 9.64. The highest BCUT2D eigenvalue weighted by molar-refractivity contribution is 5.81. The van der Waals surface area contributed by atoms with E-state index in [9.17, 15) is 0 Å². The molecule has 3 aromatic heterocycles. The SMILES string of the molecule is Oc1coc(CNc2ncnc3nc[nH]c23)c1. The van der Waals surface area contributed by atoms with Gasteiger partial charge in [0.1, 0.15) is 23.9 Å². The van der Waals surface area contributed by atoms with Crippen LogP contribution in [0.1, 0.15) is 5.76 Å². The van der Waals surface area contributed by atoms with E-state index < -0.39 is 0 Å². The Hall–Kier alpha value is -2.57. The van der Waals surface area contributed by atoms with E-state index in [2.05, 4.69) is 25.3 Å². The molecule has 0 spiro atoms. The molecule has 0 atom stereocenters. The van der Waals surface area contributed by atoms with Crippen molar-refractivity contribution in [2.24, 2.45) is 0 Å². The van der Waals surface area contributed by atoms with Crippen LogP contribution in [0.5, 0.6) is 5.75 Å². The number of furan rings is 1. The van der Waals surface area contributed by atoms with Gasteiger partial charge >= 0.3 is 0 Å². The number of nitrogens with zero attached hydrogens (tertiary/aromatic N) is 3. The van der Waals surface area contributed by atoms with Gasteiger partial charge in [-0.25, -0.2) is 15.0 Å². The van der Waals surface area contributed by atoms with Gasteiger partial charge in [-0.1, -0.05) is 0 Å². The fraction of sp³-hybridized carbons (Fsp3) is 0.100. The van der Waals surface area contributed by atoms with Crippen molar-refractivity contribution in [2.45, 2.75) is 6.54 Å². The number of rotatable bonds is 3. The Morgan fingerprint density at radius 1 is 1.35 bits per heavy atom. The Kier molecular flexibility index (Phi) is 2.14. The van der Waals surface area contributed by atoms with Crippen molar-refractivity contribution in [1.82, 2.24) is 19.9 Å². The van der Waals surface area contributed by atoms with Crippen molar-refractivity contribution in [3.63, 3.8) is 0 Å². The van der Waals surface area contributed by atoms with Crippen LogP contribution in [0.15, 0.2) is 29.4 Å². The summed E-state index contributed by atoms with van der Waals surface area (Å²) >= 11 is 0. The lowest BCUT2D eigenvalue weighted by Crippen LogP contribution is -2.01. The lowest BCUT2D eigenvalue weighted by atomic mass is 10.4. The van der Waals surface area contributed by atoms with Gasteiger partial charge < -0.3 is 19.8 Å². The van der Waals surface area contributed by atoms with E-state index in [4.69, 9.17) is 9.52 Å². The van der Waals surface area contributed by atoms with Crippen LogP contribution in [0.25, 0.3) is 11.2 Å². The fourth-order valence-corrected chi connectivity index (χ4v) is 1.53. The molecule has 17 heavy (non-hydrogen) atoms. The maximum atomic E-state index is 9.13. The van der Waals surface area contributed by atoms with Crippen LogP contribution in [0.4, 0.5) is 5.82 Å². The average molecular weight is 231 g/mol. The molecule has 0 aliphatic heterocycles. The number of fused-ring (bicyclic) bond motifs is 1. The Morgan fingerprint density at radius 2 is 2.29 bits per heavy atom. The zero-order valence-electron chi connectivity index (χ0n) is 8.71. The molecule has 3 N–H and O–H groups in total. The minimum atomic E-state index is 0.108. The van der Waals surface area contributed by atoms with E-state index >= 15 is 0 Å². The first-order valence-corrected chi connectivity index (χ1v) is 4.97. The number of imidazole rings is 1. The molecule has 0 aliphatic carbocycles. The fourth-order valence-electron chi connectivity index (χ4n) is 1.53. The number of aromatic hydroxyl groups is 1. The molecule has 3 aromatic rings. The number of hydrogen-bond acceptors (Lipinski definition) is 6. The quantitative estimate of drug-likeness (QED) is 0.627. The highest BCUT2D eigenvalue weighted by atomic mass is 16.4. The summed E-state index contributed by atoms with van der Waals surface area (Å²) in [6, 6.07) is 1.54. The summed E-state index contributed by atoms with van der Waals surface area (Å²) in [5, 5.41) is 12.2. The van der Waals surface area contributed by atoms with Crippen molar-refractivity contribution in [1.29, 1.82) is 0 Å². The molecular formula is C10H9N5O2. The van der Waals surface area contributed by atoms with Crippen molar-refractivity contribution in [3.8, 4) is 5.75 Å². The summed E-state index contributed by atoms with van der Waals surface area (Å²) in [4.78, 5) is 15.1. The van der Waals surface area contributed by atoms with Gasteiger partial charge in [0.15, 0.2) is 17.2 Å². The number of anilines is 1. The molecule has 0 radical (unpaired) electrons. The third-order valence-corrected chi connectivity index (χ3v) is 2.29. The van der Waals surface area contributed by atoms with Gasteiger partial charge in [-0.3, -0.25) is 0 Å². The van der Waals surface area contributed by atoms with E-state index in [1.807, 2.05) is 0 Å². The molecule has 0 saturated carbocycles. The maximum Gasteiger partial charge on any atom is 0.182 e. The third-order valence-electron chi connectivity index (χ3n) is 2.29. The molecule has 0 aromatic carbocycles. The van der Waals surface area contributed by atoms with Crippen LogP contribution in [-0.2, 0) is 6.54 Å². The van der Waals surface area contributed by atoms with Crippen LogP contribution >= 0.6 is 0 Å². The summed E-state index contributed by atoms with van der Waals surface area (Å²) in [6.45, 7) is 0.422. The summed E-state index contributed by atoms with van der Waals surface area (Å²) in [5.74, 6) is 1.37. The molecule has 0 aliphatic rings. The molecule has 3 heterocycles. The molecule has 7 nitrogen and oxygen atoms in total. The van der Waals surface area contributed by atoms with E-state index in [1.54, 1.807) is 12.4 Å². The van der Waals surface area contributed by atoms with Crippen LogP contribution in [-0.4, -0.2) is 25.0 Å². The monoisotopic (exact) mass is 231 g/mol. The Morgan fingerprint density at radius 3 is 3.12 bits per heavy atom. The first-order chi connectivity index (χ1) is 8.33. The molecule has 0 saturated heterocycles. The number of H-pyrrole nitrogens is 1. The third kappa shape index (κ3) is 1.78. The predicted octanol–water partition coefficient (Wildman–Crippen LogP) is 1.26. The van der Waals surface area contributed by atoms with E-state index in [1.165, 1.54) is 12.6 Å². The Bertz CT molecular complexity index is 645. The second-order valence-corrected chi connectivity index (χ2v) is 3.45. The van der Waals surface area contributed by atoms with E-state index in [0.29, 0.717) is 23.8 Å². The summed E-state index contributed by atoms with van der Waals surface area (Å²) < 4.78 is 5.10. The van der Waals surface area contributed by atoms with Gasteiger partial charge in [0, 0.05) is 6.07 Å². The maximum absolute atomic E-state index is 9.13. The van der Waals surface area contributed by atoms with Gasteiger partial charge in [0.25, 0.3) is 0 Å². The van der Waals surface area contributed by atoms with Crippen LogP contribution in [0.3, 0.4) is 0 Å². The molecule has 86 valence electrons. The normalized spacial score (nSPS) is 10.8. The Balaban J connectivity index is 1.83. The van der Waals surface area contributed by atoms with E-state index in [0.717, 1.165) is 5.52 Å². The number of aromatic nitrogens is 4. The average Bonchev–Trinajstić information content (AvgIpc) is 2.94. The summed E-state index contributed by atoms with van der Waals surface area (Å²) in [7, 11) is 0. The standard InChI is InChI=1S/C10H9N5O2/c16-6-1-7(17-3-6)2-11-9-8-10(13-4-12-8)15-5-14-9/h1,3-5,16H,2H2,(H2,11,12,13,14,15). The summed E-state index contributed by atoms with van der Waals surface area (Å²) in [6.07, 6.45) is 4.27. The zero-order valence-corrected chi connectivity index (χ0v) is 8.71. The van der Waals surface area contributed by atoms with Crippen LogP contribution in [0.2, 0.25) is 0 Å². The number of aromatic amines is 1. The van der Waals surface area contributed by atoms with Gasteiger partial charge in [-0.15, -0.1) is 0 Å². The smallest absolute Gasteiger partial charge is 0.182 e. The minimum absolute atomic E-state index is 0.108. The Labute approximate surface area is 95.5 Å². The molecule has 0 amide bonds. The number of nitrogens with one attached hydrogen (secondary N) is 2. The second-order valence-electron chi connectivity index (χ2n) is 3.45. The molecule has 7 heteroatoms. The molecule has 0 bridgehead atoms. The minimum Gasteiger partial charge on any atom is -0.505 e. The first-order valence-electron chi connectivity index (χ1n) is 4.97. The largest absolute Gasteiger partial charge is 0.505 e. The highest BCUT2D eigenvalue weighted by Crippen LogP contribution is 2.17. The van der Waals surface area contributed by atoms with Crippen molar-refractivity contribution in [3.05, 3.63) is 30.7 Å². The van der Waals surface area contributed by atoms with Crippen molar-refractivity contribution < 1.29 is 9.52 Å². The number of hydrogen-bond donors (Lipinski definition) is 3. The van der Waals surface area contributed by atoms with Gasteiger partial charge in [-0.05, 0) is 0 Å². The lowest BCUT2D eigenvalue weighted by molar-refractivity contribution is 0.453. The van der Waals surface area contributed by atoms with Crippen molar-refractivity contribution >= 4 is 17.0 Å². The molecule has 0 unspecified atom stereocenters. The van der Waals surface area contributed by atoms with Crippen LogP contribution in [0, 0.1) is 0 Å². The molecule has 3 rings (SSSR count). The highest BCUT2D eigenvalue weighted by Gasteiger charge is 2.06. The van der Waals surface area contributed by atoms with Crippen molar-refractivity contribution in [2.75, 3.05) is 5.32 Å². The van der Waals surface area contributed by atoms with E-state index in [-0.39, 0.29) is 5.75 Å². The summed E-state index contributed by atoms with van der Waals surface area (Å²) in [5.41, 5.74) is 1.34.